The van der Waals surface area contributed by atoms with Crippen molar-refractivity contribution >= 4 is 11.9 Å². The van der Waals surface area contributed by atoms with Gasteiger partial charge in [0.15, 0.2) is 0 Å². The SMILES string of the molecule is CCC1(C(=O)O)CCCN1C(=O)Cc1cccc(C)c1. The van der Waals surface area contributed by atoms with Gasteiger partial charge in [-0.3, -0.25) is 4.79 Å². The van der Waals surface area contributed by atoms with Gasteiger partial charge in [0.05, 0.1) is 6.42 Å². The lowest BCUT2D eigenvalue weighted by atomic mass is 9.92. The predicted octanol–water partition coefficient (Wildman–Crippen LogP) is 2.39. The van der Waals surface area contributed by atoms with Gasteiger partial charge in [-0.05, 0) is 31.7 Å². The molecule has 1 aliphatic heterocycles. The molecule has 1 aromatic rings. The second kappa shape index (κ2) is 5.65. The van der Waals surface area contributed by atoms with E-state index in [9.17, 15) is 14.7 Å². The van der Waals surface area contributed by atoms with Crippen LogP contribution in [0.25, 0.3) is 0 Å². The molecule has 0 spiro atoms. The normalized spacial score (nSPS) is 22.0. The number of likely N-dealkylation sites (tertiary alicyclic amines) is 1. The van der Waals surface area contributed by atoms with Crippen LogP contribution in [0.3, 0.4) is 0 Å². The molecule has 0 saturated carbocycles. The highest BCUT2D eigenvalue weighted by Crippen LogP contribution is 2.33. The molecule has 1 amide bonds. The smallest absolute Gasteiger partial charge is 0.329 e. The lowest BCUT2D eigenvalue weighted by molar-refractivity contribution is -0.156. The van der Waals surface area contributed by atoms with Crippen LogP contribution in [0.15, 0.2) is 24.3 Å². The number of hydrogen-bond donors (Lipinski definition) is 1. The summed E-state index contributed by atoms with van der Waals surface area (Å²) in [5, 5.41) is 9.50. The number of hydrogen-bond acceptors (Lipinski definition) is 2. The average Bonchev–Trinajstić information content (AvgIpc) is 2.83. The van der Waals surface area contributed by atoms with Crippen molar-refractivity contribution in [2.45, 2.75) is 45.1 Å². The maximum atomic E-state index is 12.5. The van der Waals surface area contributed by atoms with Gasteiger partial charge in [0.2, 0.25) is 5.91 Å². The van der Waals surface area contributed by atoms with E-state index < -0.39 is 11.5 Å². The number of carboxylic acids is 1. The fourth-order valence-corrected chi connectivity index (χ4v) is 3.08. The zero-order valence-electron chi connectivity index (χ0n) is 12.1. The number of carbonyl (C=O) groups excluding carboxylic acids is 1. The molecule has 1 atom stereocenters. The number of aliphatic carboxylic acids is 1. The van der Waals surface area contributed by atoms with Crippen LogP contribution < -0.4 is 0 Å². The van der Waals surface area contributed by atoms with E-state index >= 15 is 0 Å². The lowest BCUT2D eigenvalue weighted by Crippen LogP contribution is -2.53. The predicted molar refractivity (Wildman–Crippen MR) is 76.5 cm³/mol. The van der Waals surface area contributed by atoms with Crippen LogP contribution >= 0.6 is 0 Å². The van der Waals surface area contributed by atoms with Crippen molar-refractivity contribution in [3.05, 3.63) is 35.4 Å². The Balaban J connectivity index is 2.18. The van der Waals surface area contributed by atoms with Gasteiger partial charge in [0, 0.05) is 6.54 Å². The molecule has 1 aliphatic rings. The lowest BCUT2D eigenvalue weighted by Gasteiger charge is -2.34. The maximum absolute atomic E-state index is 12.5. The van der Waals surface area contributed by atoms with Crippen molar-refractivity contribution in [3.63, 3.8) is 0 Å². The number of carboxylic acid groups (broad SMARTS) is 1. The highest BCUT2D eigenvalue weighted by molar-refractivity contribution is 5.88. The highest BCUT2D eigenvalue weighted by atomic mass is 16.4. The minimum absolute atomic E-state index is 0.0858. The minimum atomic E-state index is -0.999. The summed E-state index contributed by atoms with van der Waals surface area (Å²) in [4.78, 5) is 25.6. The van der Waals surface area contributed by atoms with E-state index in [0.717, 1.165) is 17.5 Å². The summed E-state index contributed by atoms with van der Waals surface area (Å²) in [6.07, 6.45) is 2.05. The molecule has 4 heteroatoms. The molecule has 20 heavy (non-hydrogen) atoms. The molecule has 0 aliphatic carbocycles. The van der Waals surface area contributed by atoms with Gasteiger partial charge in [0.25, 0.3) is 0 Å². The second-order valence-electron chi connectivity index (χ2n) is 5.51. The van der Waals surface area contributed by atoms with Gasteiger partial charge >= 0.3 is 5.97 Å². The van der Waals surface area contributed by atoms with Crippen molar-refractivity contribution in [2.24, 2.45) is 0 Å². The van der Waals surface area contributed by atoms with Gasteiger partial charge in [-0.15, -0.1) is 0 Å². The maximum Gasteiger partial charge on any atom is 0.329 e. The summed E-state index contributed by atoms with van der Waals surface area (Å²) in [5.74, 6) is -0.965. The molecule has 1 unspecified atom stereocenters. The van der Waals surface area contributed by atoms with Crippen LogP contribution in [0.1, 0.15) is 37.3 Å². The Bertz CT molecular complexity index is 526. The van der Waals surface area contributed by atoms with Crippen molar-refractivity contribution in [1.29, 1.82) is 0 Å². The third-order valence-corrected chi connectivity index (χ3v) is 4.21. The van der Waals surface area contributed by atoms with Crippen LogP contribution in [0.5, 0.6) is 0 Å². The van der Waals surface area contributed by atoms with Gasteiger partial charge in [0.1, 0.15) is 5.54 Å². The van der Waals surface area contributed by atoms with Gasteiger partial charge in [-0.1, -0.05) is 36.8 Å². The number of rotatable bonds is 4. The molecule has 1 fully saturated rings. The largest absolute Gasteiger partial charge is 0.479 e. The van der Waals surface area contributed by atoms with Crippen LogP contribution in [0.2, 0.25) is 0 Å². The molecule has 108 valence electrons. The number of benzene rings is 1. The Morgan fingerprint density at radius 2 is 2.15 bits per heavy atom. The van der Waals surface area contributed by atoms with E-state index in [4.69, 9.17) is 0 Å². The molecule has 4 nitrogen and oxygen atoms in total. The molecule has 1 N–H and O–H groups in total. The molecule has 1 saturated heterocycles. The molecular weight excluding hydrogens is 254 g/mol. The molecule has 0 aromatic heterocycles. The summed E-state index contributed by atoms with van der Waals surface area (Å²) in [6, 6.07) is 7.79. The summed E-state index contributed by atoms with van der Waals surface area (Å²) < 4.78 is 0. The Kier molecular flexibility index (Phi) is 4.12. The molecule has 1 aromatic carbocycles. The van der Waals surface area contributed by atoms with Crippen LogP contribution in [0.4, 0.5) is 0 Å². The van der Waals surface area contributed by atoms with Crippen LogP contribution in [0, 0.1) is 6.92 Å². The first-order valence-electron chi connectivity index (χ1n) is 7.09. The number of carbonyl (C=O) groups is 2. The monoisotopic (exact) mass is 275 g/mol. The standard InChI is InChI=1S/C16H21NO3/c1-3-16(15(19)20)8-5-9-17(16)14(18)11-13-7-4-6-12(2)10-13/h4,6-7,10H,3,5,8-9,11H2,1-2H3,(H,19,20). The van der Waals surface area contributed by atoms with Crippen molar-refractivity contribution < 1.29 is 14.7 Å². The summed E-state index contributed by atoms with van der Waals surface area (Å²) >= 11 is 0. The van der Waals surface area contributed by atoms with Gasteiger partial charge < -0.3 is 10.0 Å². The fraction of sp³-hybridized carbons (Fsp3) is 0.500. The van der Waals surface area contributed by atoms with Crippen LogP contribution in [-0.2, 0) is 16.0 Å². The zero-order chi connectivity index (χ0) is 14.8. The molecule has 0 bridgehead atoms. The van der Waals surface area contributed by atoms with Crippen molar-refractivity contribution in [3.8, 4) is 0 Å². The first kappa shape index (κ1) is 14.6. The first-order valence-corrected chi connectivity index (χ1v) is 7.09. The van der Waals surface area contributed by atoms with E-state index in [0.29, 0.717) is 19.4 Å². The Morgan fingerprint density at radius 3 is 2.75 bits per heavy atom. The summed E-state index contributed by atoms with van der Waals surface area (Å²) in [5.41, 5.74) is 1.05. The van der Waals surface area contributed by atoms with E-state index in [1.54, 1.807) is 4.90 Å². The van der Waals surface area contributed by atoms with E-state index in [2.05, 4.69) is 0 Å². The number of amides is 1. The second-order valence-corrected chi connectivity index (χ2v) is 5.51. The number of nitrogens with zero attached hydrogens (tertiary/aromatic N) is 1. The van der Waals surface area contributed by atoms with Crippen molar-refractivity contribution in [1.82, 2.24) is 4.90 Å². The van der Waals surface area contributed by atoms with E-state index in [1.807, 2.05) is 38.1 Å². The van der Waals surface area contributed by atoms with Crippen molar-refractivity contribution in [2.75, 3.05) is 6.54 Å². The summed E-state index contributed by atoms with van der Waals surface area (Å²) in [7, 11) is 0. The first-order chi connectivity index (χ1) is 9.49. The topological polar surface area (TPSA) is 57.6 Å². The van der Waals surface area contributed by atoms with Gasteiger partial charge in [-0.2, -0.15) is 0 Å². The van der Waals surface area contributed by atoms with E-state index in [-0.39, 0.29) is 12.3 Å². The zero-order valence-corrected chi connectivity index (χ0v) is 12.1. The highest BCUT2D eigenvalue weighted by Gasteiger charge is 2.48. The molecular formula is C16H21NO3. The average molecular weight is 275 g/mol. The van der Waals surface area contributed by atoms with Gasteiger partial charge in [-0.25, -0.2) is 4.79 Å². The Morgan fingerprint density at radius 1 is 1.40 bits per heavy atom. The fourth-order valence-electron chi connectivity index (χ4n) is 3.08. The molecule has 1 heterocycles. The Labute approximate surface area is 119 Å². The van der Waals surface area contributed by atoms with E-state index in [1.165, 1.54) is 0 Å². The molecule has 2 rings (SSSR count). The Hall–Kier alpha value is -1.84. The third-order valence-electron chi connectivity index (χ3n) is 4.21. The minimum Gasteiger partial charge on any atom is -0.479 e. The number of aryl methyl sites for hydroxylation is 1. The summed E-state index contributed by atoms with van der Waals surface area (Å²) in [6.45, 7) is 4.37. The molecule has 0 radical (unpaired) electrons. The quantitative estimate of drug-likeness (QED) is 0.918. The van der Waals surface area contributed by atoms with Crippen LogP contribution in [-0.4, -0.2) is 34.0 Å². The third kappa shape index (κ3) is 2.55.